The van der Waals surface area contributed by atoms with E-state index >= 15 is 0 Å². The van der Waals surface area contributed by atoms with E-state index in [9.17, 15) is 0 Å². The van der Waals surface area contributed by atoms with Gasteiger partial charge >= 0.3 is 0 Å². The predicted octanol–water partition coefficient (Wildman–Crippen LogP) is 2.37. The molecule has 0 unspecified atom stereocenters. The van der Waals surface area contributed by atoms with Crippen LogP contribution in [0.4, 0.5) is 0 Å². The van der Waals surface area contributed by atoms with E-state index in [-0.39, 0.29) is 0 Å². The molecule has 0 atom stereocenters. The molecular formula is C14H32N2O. The predicted molar refractivity (Wildman–Crippen MR) is 75.5 cm³/mol. The third-order valence-corrected chi connectivity index (χ3v) is 3.01. The summed E-state index contributed by atoms with van der Waals surface area (Å²) >= 11 is 0. The number of rotatable bonds is 11. The van der Waals surface area contributed by atoms with E-state index in [1.54, 1.807) is 0 Å². The Hall–Kier alpha value is -0.120. The van der Waals surface area contributed by atoms with Gasteiger partial charge in [0, 0.05) is 19.2 Å². The second-order valence-electron chi connectivity index (χ2n) is 5.47. The van der Waals surface area contributed by atoms with E-state index in [4.69, 9.17) is 4.74 Å². The maximum absolute atomic E-state index is 5.54. The molecule has 1 N–H and O–H groups in total. The Balaban J connectivity index is 3.09. The lowest BCUT2D eigenvalue weighted by molar-refractivity contribution is 0.125. The smallest absolute Gasteiger partial charge is 0.0590 e. The first kappa shape index (κ1) is 16.9. The van der Waals surface area contributed by atoms with Crippen LogP contribution in [0.2, 0.25) is 0 Å². The molecule has 0 aliphatic carbocycles. The molecule has 3 heteroatoms. The van der Waals surface area contributed by atoms with Gasteiger partial charge in [-0.25, -0.2) is 0 Å². The van der Waals surface area contributed by atoms with E-state index in [1.807, 2.05) is 0 Å². The Morgan fingerprint density at radius 1 is 1.06 bits per heavy atom. The lowest BCUT2D eigenvalue weighted by atomic mass is 10.1. The SMILES string of the molecule is CC(C)CCOCCNCCCN(C)C(C)C. The average molecular weight is 244 g/mol. The highest BCUT2D eigenvalue weighted by Crippen LogP contribution is 1.98. The fraction of sp³-hybridized carbons (Fsp3) is 1.00. The normalized spacial score (nSPS) is 12.0. The highest BCUT2D eigenvalue weighted by Gasteiger charge is 2.01. The third-order valence-electron chi connectivity index (χ3n) is 3.01. The maximum atomic E-state index is 5.54. The van der Waals surface area contributed by atoms with Crippen LogP contribution in [0.3, 0.4) is 0 Å². The summed E-state index contributed by atoms with van der Waals surface area (Å²) < 4.78 is 5.54. The molecule has 0 aliphatic rings. The van der Waals surface area contributed by atoms with Crippen LogP contribution in [0.15, 0.2) is 0 Å². The first-order valence-electron chi connectivity index (χ1n) is 7.02. The van der Waals surface area contributed by atoms with Gasteiger partial charge < -0.3 is 15.0 Å². The van der Waals surface area contributed by atoms with Crippen molar-refractivity contribution in [3.63, 3.8) is 0 Å². The van der Waals surface area contributed by atoms with E-state index < -0.39 is 0 Å². The highest BCUT2D eigenvalue weighted by atomic mass is 16.5. The lowest BCUT2D eigenvalue weighted by Gasteiger charge is -2.20. The van der Waals surface area contributed by atoms with Gasteiger partial charge in [-0.1, -0.05) is 13.8 Å². The molecule has 0 rings (SSSR count). The Kier molecular flexibility index (Phi) is 10.9. The summed E-state index contributed by atoms with van der Waals surface area (Å²) in [5.74, 6) is 0.745. The summed E-state index contributed by atoms with van der Waals surface area (Å²) in [6.45, 7) is 13.9. The van der Waals surface area contributed by atoms with E-state index in [2.05, 4.69) is 45.0 Å². The van der Waals surface area contributed by atoms with Gasteiger partial charge in [-0.15, -0.1) is 0 Å². The molecule has 0 heterocycles. The minimum absolute atomic E-state index is 0.648. The fourth-order valence-corrected chi connectivity index (χ4v) is 1.40. The van der Waals surface area contributed by atoms with Crippen LogP contribution in [0, 0.1) is 5.92 Å². The quantitative estimate of drug-likeness (QED) is 0.565. The number of hydrogen-bond donors (Lipinski definition) is 1. The zero-order chi connectivity index (χ0) is 13.1. The van der Waals surface area contributed by atoms with Gasteiger partial charge in [-0.3, -0.25) is 0 Å². The second kappa shape index (κ2) is 11.0. The number of nitrogens with one attached hydrogen (secondary N) is 1. The van der Waals surface area contributed by atoms with Crippen molar-refractivity contribution in [3.05, 3.63) is 0 Å². The van der Waals surface area contributed by atoms with Gasteiger partial charge in [0.2, 0.25) is 0 Å². The number of ether oxygens (including phenoxy) is 1. The third kappa shape index (κ3) is 12.1. The molecule has 0 saturated heterocycles. The molecule has 0 bridgehead atoms. The molecule has 0 aromatic rings. The van der Waals surface area contributed by atoms with E-state index in [0.29, 0.717) is 6.04 Å². The first-order valence-corrected chi connectivity index (χ1v) is 7.02. The Morgan fingerprint density at radius 3 is 2.35 bits per heavy atom. The zero-order valence-corrected chi connectivity index (χ0v) is 12.5. The molecular weight excluding hydrogens is 212 g/mol. The van der Waals surface area contributed by atoms with Gasteiger partial charge in [-0.05, 0) is 52.7 Å². The summed E-state index contributed by atoms with van der Waals surface area (Å²) in [5.41, 5.74) is 0. The Bertz CT molecular complexity index is 160. The van der Waals surface area contributed by atoms with Crippen LogP contribution in [0.5, 0.6) is 0 Å². The van der Waals surface area contributed by atoms with Gasteiger partial charge in [-0.2, -0.15) is 0 Å². The van der Waals surface area contributed by atoms with Crippen LogP contribution in [0.25, 0.3) is 0 Å². The minimum Gasteiger partial charge on any atom is -0.380 e. The van der Waals surface area contributed by atoms with Crippen molar-refractivity contribution < 1.29 is 4.74 Å². The average Bonchev–Trinajstić information content (AvgIpc) is 2.25. The van der Waals surface area contributed by atoms with E-state index in [1.165, 1.54) is 19.4 Å². The molecule has 0 spiro atoms. The molecule has 0 radical (unpaired) electrons. The van der Waals surface area contributed by atoms with Crippen LogP contribution >= 0.6 is 0 Å². The molecule has 3 nitrogen and oxygen atoms in total. The lowest BCUT2D eigenvalue weighted by Crippen LogP contribution is -2.30. The minimum atomic E-state index is 0.648. The Morgan fingerprint density at radius 2 is 1.76 bits per heavy atom. The van der Waals surface area contributed by atoms with Crippen molar-refractivity contribution in [2.75, 3.05) is 39.9 Å². The van der Waals surface area contributed by atoms with Crippen molar-refractivity contribution in [2.45, 2.75) is 46.6 Å². The Labute approximate surface area is 108 Å². The summed E-state index contributed by atoms with van der Waals surface area (Å²) in [6, 6.07) is 0.648. The van der Waals surface area contributed by atoms with Crippen molar-refractivity contribution in [3.8, 4) is 0 Å². The number of nitrogens with zero attached hydrogens (tertiary/aromatic N) is 1. The summed E-state index contributed by atoms with van der Waals surface area (Å²) in [5, 5.41) is 3.42. The molecule has 0 fully saturated rings. The monoisotopic (exact) mass is 244 g/mol. The summed E-state index contributed by atoms with van der Waals surface area (Å²) in [6.07, 6.45) is 2.37. The second-order valence-corrected chi connectivity index (χ2v) is 5.47. The molecule has 0 saturated carbocycles. The largest absolute Gasteiger partial charge is 0.380 e. The molecule has 104 valence electrons. The highest BCUT2D eigenvalue weighted by molar-refractivity contribution is 4.58. The van der Waals surface area contributed by atoms with Gasteiger partial charge in [0.15, 0.2) is 0 Å². The van der Waals surface area contributed by atoms with Gasteiger partial charge in [0.25, 0.3) is 0 Å². The van der Waals surface area contributed by atoms with Crippen LogP contribution in [-0.2, 0) is 4.74 Å². The molecule has 0 aliphatic heterocycles. The van der Waals surface area contributed by atoms with Crippen molar-refractivity contribution in [2.24, 2.45) is 5.92 Å². The molecule has 0 aromatic heterocycles. The standard InChI is InChI=1S/C14H32N2O/c1-13(2)7-11-17-12-9-15-8-6-10-16(5)14(3)4/h13-15H,6-12H2,1-5H3. The van der Waals surface area contributed by atoms with Crippen LogP contribution in [0.1, 0.15) is 40.5 Å². The summed E-state index contributed by atoms with van der Waals surface area (Å²) in [4.78, 5) is 2.38. The van der Waals surface area contributed by atoms with Crippen molar-refractivity contribution in [1.82, 2.24) is 10.2 Å². The van der Waals surface area contributed by atoms with Crippen LogP contribution < -0.4 is 5.32 Å². The maximum Gasteiger partial charge on any atom is 0.0590 e. The summed E-state index contributed by atoms with van der Waals surface area (Å²) in [7, 11) is 2.18. The molecule has 17 heavy (non-hydrogen) atoms. The molecule has 0 aromatic carbocycles. The van der Waals surface area contributed by atoms with E-state index in [0.717, 1.165) is 32.2 Å². The fourth-order valence-electron chi connectivity index (χ4n) is 1.40. The van der Waals surface area contributed by atoms with Crippen molar-refractivity contribution >= 4 is 0 Å². The van der Waals surface area contributed by atoms with Gasteiger partial charge in [0.1, 0.15) is 0 Å². The van der Waals surface area contributed by atoms with Crippen LogP contribution in [-0.4, -0.2) is 50.8 Å². The van der Waals surface area contributed by atoms with Crippen molar-refractivity contribution in [1.29, 1.82) is 0 Å². The first-order chi connectivity index (χ1) is 8.04. The van der Waals surface area contributed by atoms with Gasteiger partial charge in [0.05, 0.1) is 6.61 Å². The molecule has 0 amide bonds. The topological polar surface area (TPSA) is 24.5 Å². The zero-order valence-electron chi connectivity index (χ0n) is 12.5. The number of hydrogen-bond acceptors (Lipinski definition) is 3.